The molecule has 0 bridgehead atoms. The van der Waals surface area contributed by atoms with Crippen LogP contribution in [0.25, 0.3) is 6.08 Å². The maximum absolute atomic E-state index is 11.7. The molecule has 0 aromatic carbocycles. The second kappa shape index (κ2) is 5.82. The first-order valence-corrected chi connectivity index (χ1v) is 6.77. The fraction of sp³-hybridized carbons (Fsp3) is 0.385. The number of nitrogens with one attached hydrogen (secondary N) is 1. The van der Waals surface area contributed by atoms with E-state index in [0.717, 1.165) is 17.7 Å². The van der Waals surface area contributed by atoms with Crippen LogP contribution in [0.15, 0.2) is 23.6 Å². The minimum atomic E-state index is -0.866. The van der Waals surface area contributed by atoms with E-state index in [0.29, 0.717) is 5.92 Å². The van der Waals surface area contributed by atoms with Gasteiger partial charge in [-0.1, -0.05) is 6.07 Å². The van der Waals surface area contributed by atoms with Crippen LogP contribution in [0.2, 0.25) is 0 Å². The summed E-state index contributed by atoms with van der Waals surface area (Å²) < 4.78 is 0. The smallest absolute Gasteiger partial charge is 0.305 e. The maximum atomic E-state index is 11.7. The van der Waals surface area contributed by atoms with Crippen molar-refractivity contribution in [2.75, 3.05) is 0 Å². The lowest BCUT2D eigenvalue weighted by molar-refractivity contribution is -0.137. The average molecular weight is 265 g/mol. The van der Waals surface area contributed by atoms with Gasteiger partial charge in [0.25, 0.3) is 0 Å². The number of hydrogen-bond acceptors (Lipinski definition) is 3. The molecule has 1 aromatic heterocycles. The second-order valence-corrected chi connectivity index (χ2v) is 5.38. The number of amides is 1. The molecular weight excluding hydrogens is 250 g/mol. The van der Waals surface area contributed by atoms with Crippen molar-refractivity contribution in [2.24, 2.45) is 5.92 Å². The summed E-state index contributed by atoms with van der Waals surface area (Å²) in [6.07, 6.45) is 5.22. The van der Waals surface area contributed by atoms with Gasteiger partial charge in [-0.05, 0) is 36.3 Å². The Morgan fingerprint density at radius 1 is 1.56 bits per heavy atom. The van der Waals surface area contributed by atoms with E-state index in [2.05, 4.69) is 5.32 Å². The Labute approximate surface area is 109 Å². The number of carbonyl (C=O) groups is 2. The van der Waals surface area contributed by atoms with E-state index in [4.69, 9.17) is 5.11 Å². The molecule has 0 radical (unpaired) electrons. The van der Waals surface area contributed by atoms with Crippen molar-refractivity contribution in [1.82, 2.24) is 5.32 Å². The van der Waals surface area contributed by atoms with Crippen molar-refractivity contribution in [3.05, 3.63) is 28.5 Å². The summed E-state index contributed by atoms with van der Waals surface area (Å²) in [5.74, 6) is -0.754. The van der Waals surface area contributed by atoms with Crippen LogP contribution in [-0.2, 0) is 9.59 Å². The standard InChI is InChI=1S/C13H15NO3S/c15-12(6-5-10-2-1-7-18-10)14-11(8-13(16)17)9-3-4-9/h1-2,5-7,9,11H,3-4,8H2,(H,14,15)(H,16,17)/b6-5+. The third kappa shape index (κ3) is 4.00. The maximum Gasteiger partial charge on any atom is 0.305 e. The van der Waals surface area contributed by atoms with Gasteiger partial charge in [-0.2, -0.15) is 0 Å². The predicted molar refractivity (Wildman–Crippen MR) is 70.3 cm³/mol. The molecule has 1 unspecified atom stereocenters. The summed E-state index contributed by atoms with van der Waals surface area (Å²) in [6.45, 7) is 0. The number of rotatable bonds is 6. The Morgan fingerprint density at radius 2 is 2.33 bits per heavy atom. The molecule has 0 spiro atoms. The molecule has 5 heteroatoms. The second-order valence-electron chi connectivity index (χ2n) is 4.40. The summed E-state index contributed by atoms with van der Waals surface area (Å²) in [6, 6.07) is 3.60. The number of carbonyl (C=O) groups excluding carboxylic acids is 1. The summed E-state index contributed by atoms with van der Waals surface area (Å²) >= 11 is 1.55. The van der Waals surface area contributed by atoms with Crippen LogP contribution in [0.1, 0.15) is 24.1 Å². The molecule has 2 rings (SSSR count). The van der Waals surface area contributed by atoms with Gasteiger partial charge in [0.1, 0.15) is 0 Å². The first kappa shape index (κ1) is 12.8. The lowest BCUT2D eigenvalue weighted by atomic mass is 10.1. The van der Waals surface area contributed by atoms with Gasteiger partial charge in [-0.15, -0.1) is 11.3 Å². The molecule has 1 fully saturated rings. The number of hydrogen-bond donors (Lipinski definition) is 2. The van der Waals surface area contributed by atoms with Crippen LogP contribution < -0.4 is 5.32 Å². The molecule has 1 atom stereocenters. The fourth-order valence-corrected chi connectivity index (χ4v) is 2.42. The normalized spacial score (nSPS) is 16.7. The van der Waals surface area contributed by atoms with Crippen molar-refractivity contribution in [2.45, 2.75) is 25.3 Å². The minimum absolute atomic E-state index is 0.00322. The van der Waals surface area contributed by atoms with Crippen LogP contribution in [0.4, 0.5) is 0 Å². The van der Waals surface area contributed by atoms with Gasteiger partial charge in [0, 0.05) is 17.0 Å². The molecule has 2 N–H and O–H groups in total. The largest absolute Gasteiger partial charge is 0.481 e. The molecule has 1 aliphatic rings. The monoisotopic (exact) mass is 265 g/mol. The Kier molecular flexibility index (Phi) is 4.15. The van der Waals surface area contributed by atoms with Crippen molar-refractivity contribution >= 4 is 29.3 Å². The number of carboxylic acids is 1. The number of carboxylic acid groups (broad SMARTS) is 1. The Balaban J connectivity index is 1.86. The topological polar surface area (TPSA) is 66.4 Å². The van der Waals surface area contributed by atoms with E-state index in [1.165, 1.54) is 6.08 Å². The molecule has 1 aromatic rings. The van der Waals surface area contributed by atoms with E-state index in [-0.39, 0.29) is 18.4 Å². The first-order chi connectivity index (χ1) is 8.65. The van der Waals surface area contributed by atoms with Gasteiger partial charge in [0.05, 0.1) is 6.42 Å². The third-order valence-corrected chi connectivity index (χ3v) is 3.69. The van der Waals surface area contributed by atoms with Gasteiger partial charge >= 0.3 is 5.97 Å². The zero-order chi connectivity index (χ0) is 13.0. The Morgan fingerprint density at radius 3 is 2.89 bits per heavy atom. The summed E-state index contributed by atoms with van der Waals surface area (Å²) in [7, 11) is 0. The van der Waals surface area contributed by atoms with Gasteiger partial charge in [0.2, 0.25) is 5.91 Å². The van der Waals surface area contributed by atoms with E-state index in [1.807, 2.05) is 17.5 Å². The molecule has 1 heterocycles. The average Bonchev–Trinajstić information content (AvgIpc) is 3.02. The van der Waals surface area contributed by atoms with Crippen LogP contribution >= 0.6 is 11.3 Å². The Hall–Kier alpha value is -1.62. The molecule has 4 nitrogen and oxygen atoms in total. The Bertz CT molecular complexity index is 449. The number of thiophene rings is 1. The van der Waals surface area contributed by atoms with Crippen LogP contribution in [-0.4, -0.2) is 23.0 Å². The van der Waals surface area contributed by atoms with Gasteiger partial charge in [-0.3, -0.25) is 9.59 Å². The van der Waals surface area contributed by atoms with Gasteiger partial charge < -0.3 is 10.4 Å². The van der Waals surface area contributed by atoms with Crippen molar-refractivity contribution < 1.29 is 14.7 Å². The highest BCUT2D eigenvalue weighted by Crippen LogP contribution is 2.34. The number of aliphatic carboxylic acids is 1. The molecule has 1 aliphatic carbocycles. The third-order valence-electron chi connectivity index (χ3n) is 2.86. The van der Waals surface area contributed by atoms with E-state index >= 15 is 0 Å². The molecule has 0 aliphatic heterocycles. The zero-order valence-corrected chi connectivity index (χ0v) is 10.7. The van der Waals surface area contributed by atoms with E-state index in [9.17, 15) is 9.59 Å². The van der Waals surface area contributed by atoms with E-state index < -0.39 is 5.97 Å². The first-order valence-electron chi connectivity index (χ1n) is 5.89. The van der Waals surface area contributed by atoms with Crippen LogP contribution in [0.3, 0.4) is 0 Å². The highest BCUT2D eigenvalue weighted by Gasteiger charge is 2.33. The summed E-state index contributed by atoms with van der Waals surface area (Å²) in [5.41, 5.74) is 0. The molecule has 1 saturated carbocycles. The van der Waals surface area contributed by atoms with Crippen LogP contribution in [0, 0.1) is 5.92 Å². The predicted octanol–water partition coefficient (Wildman–Crippen LogP) is 2.13. The van der Waals surface area contributed by atoms with Gasteiger partial charge in [0.15, 0.2) is 0 Å². The SMILES string of the molecule is O=C(O)CC(NC(=O)/C=C/c1cccs1)C1CC1. The summed E-state index contributed by atoms with van der Waals surface area (Å²) in [5, 5.41) is 13.5. The van der Waals surface area contributed by atoms with Crippen molar-refractivity contribution in [3.8, 4) is 0 Å². The molecular formula is C13H15NO3S. The van der Waals surface area contributed by atoms with E-state index in [1.54, 1.807) is 17.4 Å². The van der Waals surface area contributed by atoms with Crippen molar-refractivity contribution in [1.29, 1.82) is 0 Å². The quantitative estimate of drug-likeness (QED) is 0.774. The summed E-state index contributed by atoms with van der Waals surface area (Å²) in [4.78, 5) is 23.4. The van der Waals surface area contributed by atoms with Crippen LogP contribution in [0.5, 0.6) is 0 Å². The molecule has 0 saturated heterocycles. The lowest BCUT2D eigenvalue weighted by Crippen LogP contribution is -2.37. The lowest BCUT2D eigenvalue weighted by Gasteiger charge is -2.14. The molecule has 1 amide bonds. The fourth-order valence-electron chi connectivity index (χ4n) is 1.80. The van der Waals surface area contributed by atoms with Gasteiger partial charge in [-0.25, -0.2) is 0 Å². The van der Waals surface area contributed by atoms with Crippen molar-refractivity contribution in [3.63, 3.8) is 0 Å². The molecule has 18 heavy (non-hydrogen) atoms. The highest BCUT2D eigenvalue weighted by molar-refractivity contribution is 7.10. The minimum Gasteiger partial charge on any atom is -0.481 e. The molecule has 96 valence electrons. The zero-order valence-electron chi connectivity index (χ0n) is 9.83. The highest BCUT2D eigenvalue weighted by atomic mass is 32.1.